The molecule has 0 aromatic heterocycles. The van der Waals surface area contributed by atoms with E-state index in [1.165, 1.54) is 6.92 Å². The summed E-state index contributed by atoms with van der Waals surface area (Å²) >= 11 is 0. The highest BCUT2D eigenvalue weighted by Crippen LogP contribution is 2.22. The number of carbonyl (C=O) groups is 1. The molecular weight excluding hydrogens is 450 g/mol. The van der Waals surface area contributed by atoms with Crippen LogP contribution < -0.4 is 0 Å². The number of esters is 1. The molecular formula is C19H35NO13. The minimum atomic E-state index is -1.63. The van der Waals surface area contributed by atoms with Crippen molar-refractivity contribution in [1.29, 1.82) is 0 Å². The summed E-state index contributed by atoms with van der Waals surface area (Å²) < 4.78 is 15.3. The van der Waals surface area contributed by atoms with Crippen molar-refractivity contribution in [3.05, 3.63) is 0 Å². The van der Waals surface area contributed by atoms with Crippen LogP contribution in [0.5, 0.6) is 0 Å². The highest BCUT2D eigenvalue weighted by Gasteiger charge is 2.43. The van der Waals surface area contributed by atoms with E-state index >= 15 is 0 Å². The number of hydrogen-bond acceptors (Lipinski definition) is 14. The summed E-state index contributed by atoms with van der Waals surface area (Å²) in [5.74, 6) is -2.04. The summed E-state index contributed by atoms with van der Waals surface area (Å²) in [6.45, 7) is -1.15. The fourth-order valence-electron chi connectivity index (χ4n) is 3.05. The maximum atomic E-state index is 11.1. The second-order valence-corrected chi connectivity index (χ2v) is 7.70. The lowest BCUT2D eigenvalue weighted by Crippen LogP contribution is -2.59. The Kier molecular flexibility index (Phi) is 13.4. The maximum absolute atomic E-state index is 11.1. The molecule has 1 rings (SSSR count). The first-order valence-corrected chi connectivity index (χ1v) is 10.4. The smallest absolute Gasteiger partial charge is 0.334 e. The fraction of sp³-hybridized carbons (Fsp3) is 0.895. The van der Waals surface area contributed by atoms with Gasteiger partial charge < -0.3 is 60.2 Å². The second-order valence-electron chi connectivity index (χ2n) is 7.70. The van der Waals surface area contributed by atoms with Crippen LogP contribution in [0.1, 0.15) is 6.92 Å². The van der Waals surface area contributed by atoms with Gasteiger partial charge in [0.15, 0.2) is 0 Å². The highest BCUT2D eigenvalue weighted by molar-refractivity contribution is 5.73. The molecule has 0 aromatic carbocycles. The van der Waals surface area contributed by atoms with E-state index in [2.05, 4.69) is 9.73 Å². The number of hydrogen-bond donors (Lipinski definition) is 9. The van der Waals surface area contributed by atoms with Crippen molar-refractivity contribution in [2.75, 3.05) is 39.6 Å². The van der Waals surface area contributed by atoms with E-state index in [9.17, 15) is 45.6 Å². The van der Waals surface area contributed by atoms with Crippen LogP contribution in [0, 0.1) is 5.92 Å². The van der Waals surface area contributed by atoms with E-state index < -0.39 is 86.6 Å². The first-order chi connectivity index (χ1) is 15.5. The SMILES string of the molecule is CC(O)C(=O)OCCN=CC(O)[C@@H](O)[C@@H](COC[C@@H]1OC(CO)[C@H](O)[C@H](O)C1O)C(O)CO. The summed E-state index contributed by atoms with van der Waals surface area (Å²) in [7, 11) is 0. The third kappa shape index (κ3) is 9.11. The van der Waals surface area contributed by atoms with Gasteiger partial charge in [0.2, 0.25) is 0 Å². The quantitative estimate of drug-likeness (QED) is 0.0634. The molecule has 0 amide bonds. The Hall–Kier alpha value is -1.30. The Morgan fingerprint density at radius 1 is 1.06 bits per heavy atom. The number of ether oxygens (including phenoxy) is 3. The zero-order chi connectivity index (χ0) is 25.1. The molecule has 1 saturated heterocycles. The lowest BCUT2D eigenvalue weighted by molar-refractivity contribution is -0.240. The van der Waals surface area contributed by atoms with Crippen molar-refractivity contribution < 1.29 is 65.0 Å². The molecule has 10 atom stereocenters. The van der Waals surface area contributed by atoms with Gasteiger partial charge in [-0.25, -0.2) is 4.79 Å². The van der Waals surface area contributed by atoms with Gasteiger partial charge in [-0.05, 0) is 6.92 Å². The lowest BCUT2D eigenvalue weighted by atomic mass is 9.93. The zero-order valence-corrected chi connectivity index (χ0v) is 18.2. The predicted molar refractivity (Wildman–Crippen MR) is 109 cm³/mol. The number of aliphatic hydroxyl groups is 9. The molecule has 0 aliphatic carbocycles. The summed E-state index contributed by atoms with van der Waals surface area (Å²) in [6, 6.07) is 0. The molecule has 1 aliphatic rings. The van der Waals surface area contributed by atoms with E-state index in [4.69, 9.17) is 14.6 Å². The molecule has 194 valence electrons. The Labute approximate surface area is 190 Å². The second kappa shape index (κ2) is 14.9. The summed E-state index contributed by atoms with van der Waals surface area (Å²) in [6.07, 6.45) is -12.0. The molecule has 0 radical (unpaired) electrons. The third-order valence-corrected chi connectivity index (χ3v) is 5.12. The third-order valence-electron chi connectivity index (χ3n) is 5.12. The number of rotatable bonds is 14. The molecule has 14 nitrogen and oxygen atoms in total. The lowest BCUT2D eigenvalue weighted by Gasteiger charge is -2.40. The highest BCUT2D eigenvalue weighted by atomic mass is 16.6. The van der Waals surface area contributed by atoms with Gasteiger partial charge in [0.25, 0.3) is 0 Å². The van der Waals surface area contributed by atoms with Crippen LogP contribution in [-0.2, 0) is 19.0 Å². The van der Waals surface area contributed by atoms with Gasteiger partial charge in [0, 0.05) is 12.1 Å². The topological polar surface area (TPSA) is 239 Å². The molecule has 1 heterocycles. The predicted octanol–water partition coefficient (Wildman–Crippen LogP) is -5.47. The first kappa shape index (κ1) is 29.7. The van der Waals surface area contributed by atoms with E-state index in [-0.39, 0.29) is 19.8 Å². The number of carbonyl (C=O) groups excluding carboxylic acids is 1. The average Bonchev–Trinajstić information content (AvgIpc) is 2.80. The number of aliphatic hydroxyl groups excluding tert-OH is 9. The van der Waals surface area contributed by atoms with Crippen molar-refractivity contribution in [1.82, 2.24) is 0 Å². The van der Waals surface area contributed by atoms with Crippen LogP contribution >= 0.6 is 0 Å². The van der Waals surface area contributed by atoms with Gasteiger partial charge in [-0.3, -0.25) is 4.99 Å². The van der Waals surface area contributed by atoms with Gasteiger partial charge in [-0.1, -0.05) is 0 Å². The van der Waals surface area contributed by atoms with E-state index in [0.717, 1.165) is 6.21 Å². The largest absolute Gasteiger partial charge is 0.462 e. The van der Waals surface area contributed by atoms with Crippen LogP contribution in [-0.4, -0.2) is 153 Å². The molecule has 1 aliphatic heterocycles. The normalized spacial score (nSPS) is 30.5. The molecule has 33 heavy (non-hydrogen) atoms. The minimum absolute atomic E-state index is 0.0664. The number of nitrogens with zero attached hydrogens (tertiary/aromatic N) is 1. The van der Waals surface area contributed by atoms with E-state index in [0.29, 0.717) is 0 Å². The summed E-state index contributed by atoms with van der Waals surface area (Å²) in [5.41, 5.74) is 0. The van der Waals surface area contributed by atoms with Gasteiger partial charge in [-0.2, -0.15) is 0 Å². The van der Waals surface area contributed by atoms with Crippen LogP contribution in [0.4, 0.5) is 0 Å². The molecule has 9 N–H and O–H groups in total. The molecule has 5 unspecified atom stereocenters. The van der Waals surface area contributed by atoms with Crippen LogP contribution in [0.2, 0.25) is 0 Å². The van der Waals surface area contributed by atoms with Crippen molar-refractivity contribution in [2.24, 2.45) is 10.9 Å². The Morgan fingerprint density at radius 3 is 2.27 bits per heavy atom. The zero-order valence-electron chi connectivity index (χ0n) is 18.2. The van der Waals surface area contributed by atoms with E-state index in [1.807, 2.05) is 0 Å². The minimum Gasteiger partial charge on any atom is -0.462 e. The van der Waals surface area contributed by atoms with Gasteiger partial charge in [0.1, 0.15) is 49.3 Å². The molecule has 0 saturated carbocycles. The van der Waals surface area contributed by atoms with E-state index in [1.54, 1.807) is 0 Å². The molecule has 14 heteroatoms. The van der Waals surface area contributed by atoms with Gasteiger partial charge in [-0.15, -0.1) is 0 Å². The average molecular weight is 485 g/mol. The molecule has 0 spiro atoms. The monoisotopic (exact) mass is 485 g/mol. The van der Waals surface area contributed by atoms with Crippen LogP contribution in [0.3, 0.4) is 0 Å². The maximum Gasteiger partial charge on any atom is 0.334 e. The van der Waals surface area contributed by atoms with Crippen molar-refractivity contribution in [3.63, 3.8) is 0 Å². The van der Waals surface area contributed by atoms with Crippen molar-refractivity contribution in [2.45, 2.75) is 61.9 Å². The number of aliphatic imine (C=N–C) groups is 1. The van der Waals surface area contributed by atoms with Crippen molar-refractivity contribution >= 4 is 12.2 Å². The van der Waals surface area contributed by atoms with Gasteiger partial charge >= 0.3 is 5.97 Å². The summed E-state index contributed by atoms with van der Waals surface area (Å²) in [5, 5.41) is 87.5. The van der Waals surface area contributed by atoms with Crippen LogP contribution in [0.25, 0.3) is 0 Å². The fourth-order valence-corrected chi connectivity index (χ4v) is 3.05. The molecule has 1 fully saturated rings. The Morgan fingerprint density at radius 2 is 1.70 bits per heavy atom. The van der Waals surface area contributed by atoms with Crippen LogP contribution in [0.15, 0.2) is 4.99 Å². The summed E-state index contributed by atoms with van der Waals surface area (Å²) in [4.78, 5) is 14.9. The standard InChI is InChI=1S/C19H35NO13/c1-9(23)19(30)32-3-2-20-4-11(24)15(26)10(12(25)5-21)7-31-8-14-17(28)18(29)16(27)13(6-22)33-14/h4,9-18,21-29H,2-3,5-8H2,1H3/t9?,10-,11?,12?,13?,14-,15-,16-,17?,18-/m0/s1. The Bertz CT molecular complexity index is 590. The Balaban J connectivity index is 2.59. The van der Waals surface area contributed by atoms with Gasteiger partial charge in [0.05, 0.1) is 45.2 Å². The first-order valence-electron chi connectivity index (χ1n) is 10.4. The van der Waals surface area contributed by atoms with Crippen molar-refractivity contribution in [3.8, 4) is 0 Å². The molecule has 0 bridgehead atoms. The molecule has 0 aromatic rings.